The van der Waals surface area contributed by atoms with Gasteiger partial charge in [-0.15, -0.1) is 0 Å². The van der Waals surface area contributed by atoms with Crippen LogP contribution >= 0.6 is 11.6 Å². The van der Waals surface area contributed by atoms with Gasteiger partial charge in [-0.3, -0.25) is 4.40 Å². The van der Waals surface area contributed by atoms with Gasteiger partial charge in [0.25, 0.3) is 10.0 Å². The van der Waals surface area contributed by atoms with E-state index in [1.54, 1.807) is 36.0 Å². The lowest BCUT2D eigenvalue weighted by Gasteiger charge is -2.22. The number of hydrogen-bond acceptors (Lipinski definition) is 5. The van der Waals surface area contributed by atoms with Gasteiger partial charge in [0.05, 0.1) is 6.04 Å². The van der Waals surface area contributed by atoms with Gasteiger partial charge in [0.1, 0.15) is 17.3 Å². The maximum absolute atomic E-state index is 12.9. The van der Waals surface area contributed by atoms with Gasteiger partial charge >= 0.3 is 0 Å². The Labute approximate surface area is 143 Å². The summed E-state index contributed by atoms with van der Waals surface area (Å²) in [5, 5.41) is 4.17. The van der Waals surface area contributed by atoms with Crippen LogP contribution in [0.1, 0.15) is 30.5 Å². The summed E-state index contributed by atoms with van der Waals surface area (Å²) in [7, 11) is -3.87. The van der Waals surface area contributed by atoms with E-state index < -0.39 is 16.1 Å². The van der Waals surface area contributed by atoms with Crippen molar-refractivity contribution in [3.63, 3.8) is 0 Å². The van der Waals surface area contributed by atoms with Crippen molar-refractivity contribution in [2.45, 2.75) is 37.4 Å². The lowest BCUT2D eigenvalue weighted by atomic mass is 10.1. The van der Waals surface area contributed by atoms with Gasteiger partial charge in [0.15, 0.2) is 10.2 Å². The molecule has 4 heterocycles. The fourth-order valence-corrected chi connectivity index (χ4v) is 4.88. The first kappa shape index (κ1) is 15.6. The summed E-state index contributed by atoms with van der Waals surface area (Å²) in [6.45, 7) is 2.53. The van der Waals surface area contributed by atoms with Crippen molar-refractivity contribution in [3.8, 4) is 0 Å². The summed E-state index contributed by atoms with van der Waals surface area (Å²) in [5.41, 5.74) is 0.477. The quantitative estimate of drug-likeness (QED) is 0.761. The molecule has 126 valence electrons. The first-order valence-corrected chi connectivity index (χ1v) is 9.38. The van der Waals surface area contributed by atoms with Crippen LogP contribution in [0.15, 0.2) is 29.4 Å². The van der Waals surface area contributed by atoms with Crippen LogP contribution in [0.4, 0.5) is 0 Å². The van der Waals surface area contributed by atoms with Gasteiger partial charge in [0.2, 0.25) is 0 Å². The second kappa shape index (κ2) is 5.54. The topological polar surface area (TPSA) is 94.2 Å². The lowest BCUT2D eigenvalue weighted by molar-refractivity contribution is 0.399. The molecule has 0 saturated carbocycles. The zero-order valence-electron chi connectivity index (χ0n) is 12.8. The van der Waals surface area contributed by atoms with Crippen molar-refractivity contribution >= 4 is 27.3 Å². The first-order chi connectivity index (χ1) is 11.5. The van der Waals surface area contributed by atoms with Crippen LogP contribution in [-0.4, -0.2) is 32.6 Å². The second-order valence-corrected chi connectivity index (χ2v) is 7.68. The number of aryl methyl sites for hydroxylation is 2. The van der Waals surface area contributed by atoms with E-state index in [4.69, 9.17) is 11.6 Å². The maximum Gasteiger partial charge on any atom is 0.260 e. The summed E-state index contributed by atoms with van der Waals surface area (Å²) in [6, 6.07) is 4.76. The van der Waals surface area contributed by atoms with E-state index in [1.807, 2.05) is 0 Å². The largest absolute Gasteiger partial charge is 0.288 e. The first-order valence-electron chi connectivity index (χ1n) is 7.52. The van der Waals surface area contributed by atoms with Crippen molar-refractivity contribution < 1.29 is 8.42 Å². The number of sulfonamides is 1. The molecule has 1 atom stereocenters. The van der Waals surface area contributed by atoms with Gasteiger partial charge < -0.3 is 0 Å². The van der Waals surface area contributed by atoms with Crippen molar-refractivity contribution in [3.05, 3.63) is 41.2 Å². The molecule has 0 bridgehead atoms. The smallest absolute Gasteiger partial charge is 0.260 e. The Morgan fingerprint density at radius 1 is 1.33 bits per heavy atom. The summed E-state index contributed by atoms with van der Waals surface area (Å²) < 4.78 is 31.7. The number of pyridine rings is 1. The molecule has 0 aliphatic carbocycles. The molecule has 0 spiro atoms. The molecule has 0 aromatic carbocycles. The van der Waals surface area contributed by atoms with E-state index in [1.165, 1.54) is 4.40 Å². The predicted molar refractivity (Wildman–Crippen MR) is 87.3 cm³/mol. The number of imidazole rings is 1. The van der Waals surface area contributed by atoms with E-state index in [0.717, 1.165) is 13.0 Å². The average molecular weight is 367 g/mol. The van der Waals surface area contributed by atoms with E-state index in [0.29, 0.717) is 23.7 Å². The number of rotatable bonds is 3. The number of nitrogens with one attached hydrogen (secondary N) is 1. The molecule has 3 aromatic rings. The third-order valence-electron chi connectivity index (χ3n) is 3.98. The molecule has 0 radical (unpaired) electrons. The number of fused-ring (bicyclic) bond motifs is 2. The summed E-state index contributed by atoms with van der Waals surface area (Å²) in [6.07, 6.45) is 3.10. The number of hydrogen-bond donors (Lipinski definition) is 1. The van der Waals surface area contributed by atoms with Gasteiger partial charge in [-0.2, -0.15) is 9.82 Å². The van der Waals surface area contributed by atoms with Crippen LogP contribution in [0.5, 0.6) is 0 Å². The molecule has 1 aliphatic rings. The third kappa shape index (κ3) is 2.48. The number of aromatic nitrogens is 5. The Balaban J connectivity index is 1.75. The predicted octanol–water partition coefficient (Wildman–Crippen LogP) is 1.70. The van der Waals surface area contributed by atoms with Crippen molar-refractivity contribution in [1.29, 1.82) is 0 Å². The van der Waals surface area contributed by atoms with Crippen LogP contribution in [0, 0.1) is 6.92 Å². The second-order valence-electron chi connectivity index (χ2n) is 5.69. The summed E-state index contributed by atoms with van der Waals surface area (Å²) >= 11 is 6.09. The molecule has 8 nitrogen and oxygen atoms in total. The van der Waals surface area contributed by atoms with Crippen molar-refractivity contribution in [1.82, 2.24) is 28.9 Å². The number of halogens is 1. The highest BCUT2D eigenvalue weighted by Crippen LogP contribution is 2.28. The third-order valence-corrected chi connectivity index (χ3v) is 5.85. The fraction of sp³-hybridized carbons (Fsp3) is 0.357. The zero-order valence-corrected chi connectivity index (χ0v) is 14.4. The van der Waals surface area contributed by atoms with E-state index in [-0.39, 0.29) is 10.2 Å². The maximum atomic E-state index is 12.9. The highest BCUT2D eigenvalue weighted by Gasteiger charge is 2.31. The summed E-state index contributed by atoms with van der Waals surface area (Å²) in [5.74, 6) is 1.26. The Morgan fingerprint density at radius 2 is 2.17 bits per heavy atom. The minimum atomic E-state index is -3.87. The van der Waals surface area contributed by atoms with Crippen molar-refractivity contribution in [2.24, 2.45) is 0 Å². The van der Waals surface area contributed by atoms with Crippen LogP contribution in [0.25, 0.3) is 5.65 Å². The zero-order chi connectivity index (χ0) is 16.9. The molecule has 3 aromatic heterocycles. The highest BCUT2D eigenvalue weighted by molar-refractivity contribution is 7.89. The monoisotopic (exact) mass is 366 g/mol. The average Bonchev–Trinajstić information content (AvgIpc) is 3.06. The molecule has 0 fully saturated rings. The molecule has 1 aliphatic heterocycles. The van der Waals surface area contributed by atoms with Crippen LogP contribution in [0.2, 0.25) is 5.15 Å². The minimum absolute atomic E-state index is 0.0536. The normalized spacial score (nSPS) is 18.0. The van der Waals surface area contributed by atoms with Crippen LogP contribution in [-0.2, 0) is 16.6 Å². The SMILES string of the molecule is Cc1nc2n(n1)CCC[C@@H]2NS(=O)(=O)c1c(Cl)nc2ccccn12. The molecule has 24 heavy (non-hydrogen) atoms. The Hall–Kier alpha value is -1.97. The van der Waals surface area contributed by atoms with Gasteiger partial charge in [0, 0.05) is 12.7 Å². The minimum Gasteiger partial charge on any atom is -0.288 e. The Bertz CT molecular complexity index is 1030. The molecule has 10 heteroatoms. The number of nitrogens with zero attached hydrogens (tertiary/aromatic N) is 5. The summed E-state index contributed by atoms with van der Waals surface area (Å²) in [4.78, 5) is 8.45. The van der Waals surface area contributed by atoms with Gasteiger partial charge in [-0.05, 0) is 31.9 Å². The lowest BCUT2D eigenvalue weighted by Crippen LogP contribution is -2.34. The highest BCUT2D eigenvalue weighted by atomic mass is 35.5. The Morgan fingerprint density at radius 3 is 3.00 bits per heavy atom. The van der Waals surface area contributed by atoms with E-state index in [9.17, 15) is 8.42 Å². The molecule has 1 N–H and O–H groups in total. The molecule has 4 rings (SSSR count). The molecule has 0 saturated heterocycles. The van der Waals surface area contributed by atoms with Crippen LogP contribution in [0.3, 0.4) is 0 Å². The fourth-order valence-electron chi connectivity index (χ4n) is 3.01. The standard InChI is InChI=1S/C14H15ClN6O2S/c1-9-16-13-10(5-4-8-21(13)18-9)19-24(22,23)14-12(15)17-11-6-2-3-7-20(11)14/h2-3,6-7,10,19H,4-5,8H2,1H3/t10-/m0/s1. The van der Waals surface area contributed by atoms with Crippen LogP contribution < -0.4 is 4.72 Å². The van der Waals surface area contributed by atoms with Gasteiger partial charge in [-0.1, -0.05) is 17.7 Å². The molecular formula is C14H15ClN6O2S. The molecule has 0 unspecified atom stereocenters. The van der Waals surface area contributed by atoms with E-state index in [2.05, 4.69) is 19.8 Å². The van der Waals surface area contributed by atoms with E-state index >= 15 is 0 Å². The molecule has 0 amide bonds. The Kier molecular flexibility index (Phi) is 3.59. The molecular weight excluding hydrogens is 352 g/mol. The van der Waals surface area contributed by atoms with Crippen molar-refractivity contribution in [2.75, 3.05) is 0 Å². The van der Waals surface area contributed by atoms with Gasteiger partial charge in [-0.25, -0.2) is 23.1 Å².